The van der Waals surface area contributed by atoms with E-state index in [0.717, 1.165) is 25.3 Å². The number of likely N-dealkylation sites (N-methyl/N-ethyl adjacent to an activating group) is 1. The first kappa shape index (κ1) is 14.9. The van der Waals surface area contributed by atoms with Gasteiger partial charge in [-0.05, 0) is 57.0 Å². The molecule has 0 aliphatic carbocycles. The Bertz CT molecular complexity index is 572. The Morgan fingerprint density at radius 1 is 1.30 bits per heavy atom. The average Bonchev–Trinajstić information content (AvgIpc) is 2.82. The highest BCUT2D eigenvalue weighted by molar-refractivity contribution is 5.87. The molecule has 0 amide bonds. The maximum Gasteiger partial charge on any atom is 0.119 e. The minimum atomic E-state index is 0.599. The first-order valence-corrected chi connectivity index (χ1v) is 7.45. The van der Waals surface area contributed by atoms with Crippen LogP contribution in [0.15, 0.2) is 18.3 Å². The summed E-state index contributed by atoms with van der Waals surface area (Å²) in [5.41, 5.74) is 3.84. The van der Waals surface area contributed by atoms with Gasteiger partial charge in [0.15, 0.2) is 0 Å². The van der Waals surface area contributed by atoms with E-state index in [9.17, 15) is 0 Å². The van der Waals surface area contributed by atoms with E-state index in [0.29, 0.717) is 6.04 Å². The molecule has 0 bridgehead atoms. The van der Waals surface area contributed by atoms with Crippen LogP contribution in [-0.4, -0.2) is 36.1 Å². The lowest BCUT2D eigenvalue weighted by Crippen LogP contribution is -2.32. The van der Waals surface area contributed by atoms with Gasteiger partial charge in [0.05, 0.1) is 7.11 Å². The number of aromatic amines is 1. The number of hydrogen-bond acceptors (Lipinski definition) is 2. The van der Waals surface area contributed by atoms with Gasteiger partial charge in [-0.2, -0.15) is 0 Å². The zero-order chi connectivity index (χ0) is 14.7. The van der Waals surface area contributed by atoms with Gasteiger partial charge in [-0.3, -0.25) is 0 Å². The quantitative estimate of drug-likeness (QED) is 0.868. The fourth-order valence-corrected chi connectivity index (χ4v) is 2.81. The molecule has 0 saturated carbocycles. The molecule has 0 radical (unpaired) electrons. The number of methoxy groups -OCH3 is 1. The van der Waals surface area contributed by atoms with Crippen LogP contribution in [0.4, 0.5) is 0 Å². The van der Waals surface area contributed by atoms with Gasteiger partial charge in [0.2, 0.25) is 0 Å². The topological polar surface area (TPSA) is 28.3 Å². The van der Waals surface area contributed by atoms with Gasteiger partial charge in [0.25, 0.3) is 0 Å². The van der Waals surface area contributed by atoms with Crippen LogP contribution in [0.25, 0.3) is 10.9 Å². The van der Waals surface area contributed by atoms with Crippen molar-refractivity contribution >= 4 is 10.9 Å². The Balaban J connectivity index is 2.24. The lowest BCUT2D eigenvalue weighted by Gasteiger charge is -2.24. The van der Waals surface area contributed by atoms with Gasteiger partial charge in [-0.1, -0.05) is 6.92 Å². The smallest absolute Gasteiger partial charge is 0.119 e. The molecule has 2 aromatic rings. The SMILES string of the molecule is CCN(CCc1c[nH]c2c(C)cc(OC)cc12)C(C)C. The predicted molar refractivity (Wildman–Crippen MR) is 85.7 cm³/mol. The van der Waals surface area contributed by atoms with Crippen molar-refractivity contribution in [2.75, 3.05) is 20.2 Å². The van der Waals surface area contributed by atoms with Crippen molar-refractivity contribution in [3.05, 3.63) is 29.5 Å². The van der Waals surface area contributed by atoms with Crippen LogP contribution in [-0.2, 0) is 6.42 Å². The molecule has 0 aliphatic rings. The largest absolute Gasteiger partial charge is 0.497 e. The van der Waals surface area contributed by atoms with Crippen LogP contribution in [0, 0.1) is 6.92 Å². The summed E-state index contributed by atoms with van der Waals surface area (Å²) in [4.78, 5) is 5.90. The van der Waals surface area contributed by atoms with Gasteiger partial charge in [0.1, 0.15) is 5.75 Å². The van der Waals surface area contributed by atoms with Crippen LogP contribution < -0.4 is 4.74 Å². The number of benzene rings is 1. The molecule has 3 nitrogen and oxygen atoms in total. The number of fused-ring (bicyclic) bond motifs is 1. The second-order valence-corrected chi connectivity index (χ2v) is 5.65. The molecule has 0 aliphatic heterocycles. The predicted octanol–water partition coefficient (Wildman–Crippen LogP) is 3.76. The molecule has 3 heteroatoms. The van der Waals surface area contributed by atoms with E-state index in [1.807, 2.05) is 0 Å². The summed E-state index contributed by atoms with van der Waals surface area (Å²) in [5, 5.41) is 1.29. The van der Waals surface area contributed by atoms with E-state index < -0.39 is 0 Å². The maximum absolute atomic E-state index is 5.39. The fraction of sp³-hybridized carbons (Fsp3) is 0.529. The van der Waals surface area contributed by atoms with Crippen molar-refractivity contribution < 1.29 is 4.74 Å². The number of ether oxygens (including phenoxy) is 1. The molecule has 0 spiro atoms. The summed E-state index contributed by atoms with van der Waals surface area (Å²) >= 11 is 0. The normalized spacial score (nSPS) is 11.8. The Morgan fingerprint density at radius 3 is 2.65 bits per heavy atom. The zero-order valence-electron chi connectivity index (χ0n) is 13.3. The first-order chi connectivity index (χ1) is 9.56. The third-order valence-corrected chi connectivity index (χ3v) is 4.09. The molecule has 110 valence electrons. The van der Waals surface area contributed by atoms with Crippen LogP contribution in [0.3, 0.4) is 0 Å². The van der Waals surface area contributed by atoms with Crippen molar-refractivity contribution in [3.8, 4) is 5.75 Å². The molecule has 0 atom stereocenters. The minimum absolute atomic E-state index is 0.599. The molecule has 0 saturated heterocycles. The molecule has 1 aromatic heterocycles. The van der Waals surface area contributed by atoms with Crippen LogP contribution in [0.5, 0.6) is 5.75 Å². The maximum atomic E-state index is 5.39. The third-order valence-electron chi connectivity index (χ3n) is 4.09. The van der Waals surface area contributed by atoms with Crippen molar-refractivity contribution in [2.45, 2.75) is 40.2 Å². The zero-order valence-corrected chi connectivity index (χ0v) is 13.3. The number of nitrogens with one attached hydrogen (secondary N) is 1. The number of hydrogen-bond donors (Lipinski definition) is 1. The lowest BCUT2D eigenvalue weighted by atomic mass is 10.1. The number of nitrogens with zero attached hydrogens (tertiary/aromatic N) is 1. The van der Waals surface area contributed by atoms with E-state index in [2.05, 4.69) is 55.9 Å². The number of H-pyrrole nitrogens is 1. The van der Waals surface area contributed by atoms with Crippen LogP contribution in [0.2, 0.25) is 0 Å². The second kappa shape index (κ2) is 6.31. The van der Waals surface area contributed by atoms with Crippen LogP contribution >= 0.6 is 0 Å². The molecule has 0 unspecified atom stereocenters. The summed E-state index contributed by atoms with van der Waals surface area (Å²) in [6, 6.07) is 4.82. The molecule has 20 heavy (non-hydrogen) atoms. The van der Waals surface area contributed by atoms with E-state index >= 15 is 0 Å². The van der Waals surface area contributed by atoms with Crippen molar-refractivity contribution in [3.63, 3.8) is 0 Å². The minimum Gasteiger partial charge on any atom is -0.497 e. The molecule has 1 aromatic carbocycles. The number of aryl methyl sites for hydroxylation is 1. The van der Waals surface area contributed by atoms with Crippen molar-refractivity contribution in [2.24, 2.45) is 0 Å². The molecular formula is C17H26N2O. The highest BCUT2D eigenvalue weighted by Gasteiger charge is 2.11. The van der Waals surface area contributed by atoms with Gasteiger partial charge in [0, 0.05) is 29.7 Å². The Morgan fingerprint density at radius 2 is 2.05 bits per heavy atom. The Kier molecular flexibility index (Phi) is 4.71. The summed E-state index contributed by atoms with van der Waals surface area (Å²) in [6.45, 7) is 11.1. The summed E-state index contributed by atoms with van der Waals surface area (Å²) in [5.74, 6) is 0.937. The number of aromatic nitrogens is 1. The standard InChI is InChI=1S/C17H26N2O/c1-6-19(12(2)3)8-7-14-11-18-17-13(4)9-15(20-5)10-16(14)17/h9-12,18H,6-8H2,1-5H3. The highest BCUT2D eigenvalue weighted by Crippen LogP contribution is 2.27. The van der Waals surface area contributed by atoms with Gasteiger partial charge in [-0.25, -0.2) is 0 Å². The number of rotatable bonds is 6. The highest BCUT2D eigenvalue weighted by atomic mass is 16.5. The molecular weight excluding hydrogens is 248 g/mol. The second-order valence-electron chi connectivity index (χ2n) is 5.65. The van der Waals surface area contributed by atoms with Gasteiger partial charge >= 0.3 is 0 Å². The third kappa shape index (κ3) is 2.98. The molecule has 0 fully saturated rings. The molecule has 2 rings (SSSR count). The van der Waals surface area contributed by atoms with Crippen LogP contribution in [0.1, 0.15) is 31.9 Å². The Hall–Kier alpha value is -1.48. The van der Waals surface area contributed by atoms with E-state index in [-0.39, 0.29) is 0 Å². The Labute approximate surface area is 121 Å². The average molecular weight is 274 g/mol. The van der Waals surface area contributed by atoms with E-state index in [1.165, 1.54) is 22.0 Å². The fourth-order valence-electron chi connectivity index (χ4n) is 2.81. The lowest BCUT2D eigenvalue weighted by molar-refractivity contribution is 0.237. The van der Waals surface area contributed by atoms with Crippen molar-refractivity contribution in [1.29, 1.82) is 0 Å². The molecule has 1 heterocycles. The van der Waals surface area contributed by atoms with Gasteiger partial charge in [-0.15, -0.1) is 0 Å². The monoisotopic (exact) mass is 274 g/mol. The van der Waals surface area contributed by atoms with Crippen molar-refractivity contribution in [1.82, 2.24) is 9.88 Å². The molecule has 1 N–H and O–H groups in total. The van der Waals surface area contributed by atoms with Gasteiger partial charge < -0.3 is 14.6 Å². The summed E-state index contributed by atoms with van der Waals surface area (Å²) < 4.78 is 5.39. The van der Waals surface area contributed by atoms with E-state index in [1.54, 1.807) is 7.11 Å². The summed E-state index contributed by atoms with van der Waals surface area (Å²) in [6.07, 6.45) is 3.21. The first-order valence-electron chi connectivity index (χ1n) is 7.45. The van der Waals surface area contributed by atoms with E-state index in [4.69, 9.17) is 4.74 Å². The summed E-state index contributed by atoms with van der Waals surface area (Å²) in [7, 11) is 1.73.